The molecule has 0 saturated carbocycles. The first-order valence-corrected chi connectivity index (χ1v) is 5.04. The predicted octanol–water partition coefficient (Wildman–Crippen LogP) is 1.98. The molecule has 82 valence electrons. The molecular formula is C12H17NO2. The second kappa shape index (κ2) is 4.94. The van der Waals surface area contributed by atoms with Crippen LogP contribution in [0.3, 0.4) is 0 Å². The molecule has 1 fully saturated rings. The summed E-state index contributed by atoms with van der Waals surface area (Å²) in [6.07, 6.45) is 0. The SMILES string of the molecule is CC1CN1.Cc1ccc(C(=O)O)c(C)c1. The summed E-state index contributed by atoms with van der Waals surface area (Å²) in [5.41, 5.74) is 2.29. The zero-order valence-electron chi connectivity index (χ0n) is 9.37. The van der Waals surface area contributed by atoms with Crippen LogP contribution in [0.4, 0.5) is 0 Å². The second-order valence-electron chi connectivity index (χ2n) is 3.93. The van der Waals surface area contributed by atoms with Crippen LogP contribution in [0.25, 0.3) is 0 Å². The Morgan fingerprint density at radius 2 is 2.00 bits per heavy atom. The maximum Gasteiger partial charge on any atom is 0.335 e. The van der Waals surface area contributed by atoms with Crippen molar-refractivity contribution in [2.45, 2.75) is 26.8 Å². The molecule has 15 heavy (non-hydrogen) atoms. The van der Waals surface area contributed by atoms with Crippen LogP contribution in [0.15, 0.2) is 18.2 Å². The topological polar surface area (TPSA) is 59.2 Å². The van der Waals surface area contributed by atoms with Gasteiger partial charge in [0.05, 0.1) is 5.56 Å². The molecule has 0 radical (unpaired) electrons. The molecule has 3 nitrogen and oxygen atoms in total. The van der Waals surface area contributed by atoms with Crippen LogP contribution in [0.2, 0.25) is 0 Å². The highest BCUT2D eigenvalue weighted by atomic mass is 16.4. The van der Waals surface area contributed by atoms with Gasteiger partial charge in [-0.25, -0.2) is 4.79 Å². The molecule has 1 atom stereocenters. The number of hydrogen-bond acceptors (Lipinski definition) is 2. The van der Waals surface area contributed by atoms with Crippen molar-refractivity contribution in [3.63, 3.8) is 0 Å². The van der Waals surface area contributed by atoms with E-state index >= 15 is 0 Å². The fraction of sp³-hybridized carbons (Fsp3) is 0.417. The van der Waals surface area contributed by atoms with E-state index in [0.717, 1.165) is 17.2 Å². The van der Waals surface area contributed by atoms with Crippen LogP contribution in [0.5, 0.6) is 0 Å². The van der Waals surface area contributed by atoms with E-state index in [9.17, 15) is 4.79 Å². The summed E-state index contributed by atoms with van der Waals surface area (Å²) in [7, 11) is 0. The van der Waals surface area contributed by atoms with E-state index in [0.29, 0.717) is 5.56 Å². The number of carboxylic acids is 1. The number of aryl methyl sites for hydroxylation is 2. The molecule has 0 aromatic heterocycles. The maximum atomic E-state index is 10.5. The maximum absolute atomic E-state index is 10.5. The van der Waals surface area contributed by atoms with E-state index < -0.39 is 5.97 Å². The Kier molecular flexibility index (Phi) is 3.86. The molecule has 1 aromatic carbocycles. The quantitative estimate of drug-likeness (QED) is 0.692. The summed E-state index contributed by atoms with van der Waals surface area (Å²) in [6.45, 7) is 7.15. The van der Waals surface area contributed by atoms with Gasteiger partial charge in [-0.1, -0.05) is 17.7 Å². The Morgan fingerprint density at radius 1 is 1.47 bits per heavy atom. The average molecular weight is 207 g/mol. The van der Waals surface area contributed by atoms with Crippen LogP contribution in [-0.2, 0) is 0 Å². The van der Waals surface area contributed by atoms with Gasteiger partial charge in [0, 0.05) is 12.6 Å². The zero-order chi connectivity index (χ0) is 11.4. The Hall–Kier alpha value is -1.35. The van der Waals surface area contributed by atoms with Gasteiger partial charge in [0.25, 0.3) is 0 Å². The lowest BCUT2D eigenvalue weighted by molar-refractivity contribution is 0.0696. The van der Waals surface area contributed by atoms with Crippen molar-refractivity contribution in [2.24, 2.45) is 0 Å². The van der Waals surface area contributed by atoms with E-state index in [1.807, 2.05) is 13.0 Å². The highest BCUT2D eigenvalue weighted by molar-refractivity contribution is 5.89. The number of carboxylic acid groups (broad SMARTS) is 1. The number of hydrogen-bond donors (Lipinski definition) is 2. The molecule has 0 amide bonds. The molecule has 1 aromatic rings. The summed E-state index contributed by atoms with van der Waals surface area (Å²) in [5, 5.41) is 11.8. The van der Waals surface area contributed by atoms with Crippen LogP contribution < -0.4 is 5.32 Å². The molecule has 1 heterocycles. The van der Waals surface area contributed by atoms with Gasteiger partial charge >= 0.3 is 5.97 Å². The summed E-state index contributed by atoms with van der Waals surface area (Å²) in [4.78, 5) is 10.5. The lowest BCUT2D eigenvalue weighted by atomic mass is 10.1. The lowest BCUT2D eigenvalue weighted by Gasteiger charge is -2.00. The highest BCUT2D eigenvalue weighted by Gasteiger charge is 2.10. The van der Waals surface area contributed by atoms with Crippen LogP contribution in [0.1, 0.15) is 28.4 Å². The van der Waals surface area contributed by atoms with Crippen molar-refractivity contribution in [2.75, 3.05) is 6.54 Å². The second-order valence-corrected chi connectivity index (χ2v) is 3.93. The van der Waals surface area contributed by atoms with Gasteiger partial charge in [-0.15, -0.1) is 0 Å². The molecule has 2 rings (SSSR count). The molecule has 1 saturated heterocycles. The summed E-state index contributed by atoms with van der Waals surface area (Å²) < 4.78 is 0. The lowest BCUT2D eigenvalue weighted by Crippen LogP contribution is -1.99. The van der Waals surface area contributed by atoms with Gasteiger partial charge in [0.15, 0.2) is 0 Å². The first-order valence-electron chi connectivity index (χ1n) is 5.04. The highest BCUT2D eigenvalue weighted by Crippen LogP contribution is 2.09. The van der Waals surface area contributed by atoms with Crippen LogP contribution in [0, 0.1) is 13.8 Å². The van der Waals surface area contributed by atoms with Crippen molar-refractivity contribution in [3.05, 3.63) is 34.9 Å². The molecule has 2 N–H and O–H groups in total. The molecule has 1 aliphatic heterocycles. The van der Waals surface area contributed by atoms with E-state index in [1.165, 1.54) is 6.54 Å². The standard InChI is InChI=1S/C9H10O2.C3H7N/c1-6-3-4-8(9(10)11)7(2)5-6;1-3-2-4-3/h3-5H,1-2H3,(H,10,11);3-4H,2H2,1H3. The van der Waals surface area contributed by atoms with E-state index in [-0.39, 0.29) is 0 Å². The van der Waals surface area contributed by atoms with Gasteiger partial charge in [-0.3, -0.25) is 0 Å². The molecule has 0 bridgehead atoms. The van der Waals surface area contributed by atoms with E-state index in [2.05, 4.69) is 12.2 Å². The average Bonchev–Trinajstić information content (AvgIpc) is 2.87. The number of benzene rings is 1. The number of carbonyl (C=O) groups is 1. The van der Waals surface area contributed by atoms with Crippen molar-refractivity contribution in [1.82, 2.24) is 5.32 Å². The first kappa shape index (κ1) is 11.7. The van der Waals surface area contributed by atoms with Gasteiger partial charge in [0.2, 0.25) is 0 Å². The molecule has 0 spiro atoms. The smallest absolute Gasteiger partial charge is 0.335 e. The van der Waals surface area contributed by atoms with Gasteiger partial charge < -0.3 is 10.4 Å². The number of nitrogens with one attached hydrogen (secondary N) is 1. The van der Waals surface area contributed by atoms with E-state index in [4.69, 9.17) is 5.11 Å². The minimum absolute atomic E-state index is 0.385. The Morgan fingerprint density at radius 3 is 2.33 bits per heavy atom. The molecular weight excluding hydrogens is 190 g/mol. The Bertz CT molecular complexity index is 357. The normalized spacial score (nSPS) is 17.7. The third-order valence-electron chi connectivity index (χ3n) is 2.22. The van der Waals surface area contributed by atoms with Crippen molar-refractivity contribution in [3.8, 4) is 0 Å². The molecule has 0 aliphatic carbocycles. The van der Waals surface area contributed by atoms with Gasteiger partial charge in [0.1, 0.15) is 0 Å². The summed E-state index contributed by atoms with van der Waals surface area (Å²) >= 11 is 0. The Labute approximate surface area is 90.1 Å². The first-order chi connectivity index (χ1) is 7.00. The third kappa shape index (κ3) is 4.13. The number of rotatable bonds is 1. The fourth-order valence-corrected chi connectivity index (χ4v) is 1.17. The third-order valence-corrected chi connectivity index (χ3v) is 2.22. The monoisotopic (exact) mass is 207 g/mol. The predicted molar refractivity (Wildman–Crippen MR) is 60.3 cm³/mol. The van der Waals surface area contributed by atoms with Crippen LogP contribution in [-0.4, -0.2) is 23.7 Å². The fourth-order valence-electron chi connectivity index (χ4n) is 1.17. The zero-order valence-corrected chi connectivity index (χ0v) is 9.37. The molecule has 3 heteroatoms. The minimum atomic E-state index is -0.859. The Balaban J connectivity index is 0.000000234. The van der Waals surface area contributed by atoms with Crippen molar-refractivity contribution >= 4 is 5.97 Å². The molecule has 1 unspecified atom stereocenters. The van der Waals surface area contributed by atoms with Crippen LogP contribution >= 0.6 is 0 Å². The van der Waals surface area contributed by atoms with Gasteiger partial charge in [-0.05, 0) is 32.4 Å². The summed E-state index contributed by atoms with van der Waals surface area (Å²) in [5.74, 6) is -0.859. The largest absolute Gasteiger partial charge is 0.478 e. The minimum Gasteiger partial charge on any atom is -0.478 e. The van der Waals surface area contributed by atoms with Gasteiger partial charge in [-0.2, -0.15) is 0 Å². The van der Waals surface area contributed by atoms with Crippen molar-refractivity contribution in [1.29, 1.82) is 0 Å². The summed E-state index contributed by atoms with van der Waals surface area (Å²) in [6, 6.07) is 6.13. The number of aromatic carboxylic acids is 1. The van der Waals surface area contributed by atoms with E-state index in [1.54, 1.807) is 19.1 Å². The van der Waals surface area contributed by atoms with Crippen molar-refractivity contribution < 1.29 is 9.90 Å². The molecule has 1 aliphatic rings.